The van der Waals surface area contributed by atoms with Gasteiger partial charge in [-0.15, -0.1) is 0 Å². The van der Waals surface area contributed by atoms with E-state index in [1.54, 1.807) is 30.5 Å². The molecular weight excluding hydrogens is 302 g/mol. The monoisotopic (exact) mass is 319 g/mol. The van der Waals surface area contributed by atoms with E-state index >= 15 is 0 Å². The average molecular weight is 319 g/mol. The number of aliphatic imine (C=N–C) groups is 1. The lowest BCUT2D eigenvalue weighted by atomic mass is 10.1. The Balaban J connectivity index is 1.79. The van der Waals surface area contributed by atoms with E-state index in [4.69, 9.17) is 0 Å². The van der Waals surface area contributed by atoms with Crippen LogP contribution in [-0.4, -0.2) is 28.4 Å². The quantitative estimate of drug-likeness (QED) is 0.705. The van der Waals surface area contributed by atoms with Crippen LogP contribution in [0.3, 0.4) is 0 Å². The maximum Gasteiger partial charge on any atom is 0.328 e. The largest absolute Gasteiger partial charge is 0.508 e. The van der Waals surface area contributed by atoms with Crippen molar-refractivity contribution < 1.29 is 15.0 Å². The molecule has 0 saturated carbocycles. The molecule has 0 aliphatic heterocycles. The molecule has 0 radical (unpaired) electrons. The van der Waals surface area contributed by atoms with Gasteiger partial charge >= 0.3 is 5.97 Å². The summed E-state index contributed by atoms with van der Waals surface area (Å²) in [5.41, 5.74) is 1.68. The predicted octanol–water partition coefficient (Wildman–Crippen LogP) is 3.66. The van der Waals surface area contributed by atoms with Crippen LogP contribution in [0.15, 0.2) is 71.7 Å². The molecule has 0 saturated heterocycles. The van der Waals surface area contributed by atoms with Crippen molar-refractivity contribution in [1.82, 2.24) is 0 Å². The van der Waals surface area contributed by atoms with Gasteiger partial charge in [-0.2, -0.15) is 0 Å². The zero-order valence-corrected chi connectivity index (χ0v) is 13.0. The number of aliphatic carboxylic acids is 1. The van der Waals surface area contributed by atoms with Crippen molar-refractivity contribution >= 4 is 23.0 Å². The standard InChI is InChI=1S/C20H17NO3/c22-18-9-6-14(7-10-18)12-19(20(23)24)21-13-15-5-8-16-3-1-2-4-17(16)11-15/h1-11,13,19,22H,12H2,(H,23,24)/b21-13+. The Morgan fingerprint density at radius 3 is 2.42 bits per heavy atom. The summed E-state index contributed by atoms with van der Waals surface area (Å²) in [6, 6.07) is 19.5. The summed E-state index contributed by atoms with van der Waals surface area (Å²) in [5, 5.41) is 20.9. The van der Waals surface area contributed by atoms with Crippen LogP contribution in [0, 0.1) is 0 Å². The van der Waals surface area contributed by atoms with Crippen molar-refractivity contribution in [2.45, 2.75) is 12.5 Å². The normalized spacial score (nSPS) is 12.5. The molecule has 120 valence electrons. The molecule has 0 aliphatic carbocycles. The average Bonchev–Trinajstić information content (AvgIpc) is 2.60. The van der Waals surface area contributed by atoms with Crippen molar-refractivity contribution in [2.24, 2.45) is 4.99 Å². The fourth-order valence-electron chi connectivity index (χ4n) is 2.52. The molecule has 24 heavy (non-hydrogen) atoms. The highest BCUT2D eigenvalue weighted by atomic mass is 16.4. The SMILES string of the molecule is O=C(O)C(Cc1ccc(O)cc1)/N=C/c1ccc2ccccc2c1. The number of rotatable bonds is 5. The maximum atomic E-state index is 11.4. The van der Waals surface area contributed by atoms with E-state index in [0.29, 0.717) is 0 Å². The number of aromatic hydroxyl groups is 1. The van der Waals surface area contributed by atoms with Gasteiger partial charge in [0.2, 0.25) is 0 Å². The maximum absolute atomic E-state index is 11.4. The summed E-state index contributed by atoms with van der Waals surface area (Å²) in [4.78, 5) is 15.7. The van der Waals surface area contributed by atoms with Crippen LogP contribution in [0.5, 0.6) is 5.75 Å². The molecule has 4 heteroatoms. The summed E-state index contributed by atoms with van der Waals surface area (Å²) in [5.74, 6) is -0.814. The Hall–Kier alpha value is -3.14. The number of carboxylic acids is 1. The number of carbonyl (C=O) groups is 1. The van der Waals surface area contributed by atoms with Crippen molar-refractivity contribution in [3.63, 3.8) is 0 Å². The summed E-state index contributed by atoms with van der Waals surface area (Å²) in [7, 11) is 0. The fourth-order valence-corrected chi connectivity index (χ4v) is 2.52. The third kappa shape index (κ3) is 3.79. The minimum Gasteiger partial charge on any atom is -0.508 e. The Bertz CT molecular complexity index is 885. The molecule has 4 nitrogen and oxygen atoms in total. The van der Waals surface area contributed by atoms with Gasteiger partial charge in [-0.25, -0.2) is 4.79 Å². The third-order valence-corrected chi connectivity index (χ3v) is 3.83. The van der Waals surface area contributed by atoms with Crippen LogP contribution in [0.4, 0.5) is 0 Å². The number of phenolic OH excluding ortho intramolecular Hbond substituents is 1. The molecule has 3 aromatic rings. The van der Waals surface area contributed by atoms with Crippen molar-refractivity contribution in [2.75, 3.05) is 0 Å². The highest BCUT2D eigenvalue weighted by molar-refractivity contribution is 5.91. The van der Waals surface area contributed by atoms with Gasteiger partial charge < -0.3 is 10.2 Å². The first-order valence-electron chi connectivity index (χ1n) is 7.64. The second kappa shape index (κ2) is 6.96. The molecular formula is C20H17NO3. The fraction of sp³-hybridized carbons (Fsp3) is 0.100. The number of hydrogen-bond donors (Lipinski definition) is 2. The van der Waals surface area contributed by atoms with Gasteiger partial charge in [-0.1, -0.05) is 48.5 Å². The van der Waals surface area contributed by atoms with Crippen molar-refractivity contribution in [3.8, 4) is 5.75 Å². The van der Waals surface area contributed by atoms with Gasteiger partial charge in [0.1, 0.15) is 5.75 Å². The van der Waals surface area contributed by atoms with E-state index in [2.05, 4.69) is 4.99 Å². The van der Waals surface area contributed by atoms with Gasteiger partial charge in [-0.3, -0.25) is 4.99 Å². The third-order valence-electron chi connectivity index (χ3n) is 3.83. The predicted molar refractivity (Wildman–Crippen MR) is 94.8 cm³/mol. The highest BCUT2D eigenvalue weighted by Gasteiger charge is 2.16. The van der Waals surface area contributed by atoms with Gasteiger partial charge in [0.25, 0.3) is 0 Å². The lowest BCUT2D eigenvalue weighted by Crippen LogP contribution is -2.20. The van der Waals surface area contributed by atoms with E-state index in [9.17, 15) is 15.0 Å². The van der Waals surface area contributed by atoms with Gasteiger partial charge in [-0.05, 0) is 40.1 Å². The molecule has 0 amide bonds. The highest BCUT2D eigenvalue weighted by Crippen LogP contribution is 2.16. The molecule has 3 rings (SSSR count). The molecule has 0 aromatic heterocycles. The van der Waals surface area contributed by atoms with E-state index in [0.717, 1.165) is 21.9 Å². The summed E-state index contributed by atoms with van der Waals surface area (Å²) in [6.07, 6.45) is 1.88. The zero-order valence-electron chi connectivity index (χ0n) is 13.0. The molecule has 0 spiro atoms. The van der Waals surface area contributed by atoms with Crippen molar-refractivity contribution in [1.29, 1.82) is 0 Å². The molecule has 2 N–H and O–H groups in total. The van der Waals surface area contributed by atoms with Crippen LogP contribution in [0.1, 0.15) is 11.1 Å². The van der Waals surface area contributed by atoms with Crippen LogP contribution in [0.25, 0.3) is 10.8 Å². The van der Waals surface area contributed by atoms with Crippen LogP contribution < -0.4 is 0 Å². The lowest BCUT2D eigenvalue weighted by Gasteiger charge is -2.08. The van der Waals surface area contributed by atoms with Gasteiger partial charge in [0, 0.05) is 12.6 Å². The number of hydrogen-bond acceptors (Lipinski definition) is 3. The second-order valence-corrected chi connectivity index (χ2v) is 5.61. The molecule has 0 aliphatic rings. The first-order chi connectivity index (χ1) is 11.6. The van der Waals surface area contributed by atoms with Crippen molar-refractivity contribution in [3.05, 3.63) is 77.9 Å². The Kier molecular flexibility index (Phi) is 4.57. The Morgan fingerprint density at radius 1 is 1.00 bits per heavy atom. The smallest absolute Gasteiger partial charge is 0.328 e. The summed E-state index contributed by atoms with van der Waals surface area (Å²) in [6.45, 7) is 0. The lowest BCUT2D eigenvalue weighted by molar-refractivity contribution is -0.138. The van der Waals surface area contributed by atoms with Crippen LogP contribution in [-0.2, 0) is 11.2 Å². The molecule has 1 atom stereocenters. The minimum absolute atomic E-state index is 0.158. The topological polar surface area (TPSA) is 69.9 Å². The molecule has 0 fully saturated rings. The van der Waals surface area contributed by atoms with E-state index in [1.807, 2.05) is 42.5 Å². The van der Waals surface area contributed by atoms with Crippen LogP contribution >= 0.6 is 0 Å². The van der Waals surface area contributed by atoms with E-state index < -0.39 is 12.0 Å². The zero-order chi connectivity index (χ0) is 16.9. The molecule has 0 bridgehead atoms. The number of fused-ring (bicyclic) bond motifs is 1. The van der Waals surface area contributed by atoms with E-state index in [-0.39, 0.29) is 12.2 Å². The van der Waals surface area contributed by atoms with E-state index in [1.165, 1.54) is 0 Å². The number of phenols is 1. The molecule has 0 heterocycles. The summed E-state index contributed by atoms with van der Waals surface area (Å²) < 4.78 is 0. The Morgan fingerprint density at radius 2 is 1.71 bits per heavy atom. The van der Waals surface area contributed by atoms with Gasteiger partial charge in [0.15, 0.2) is 6.04 Å². The number of nitrogens with zero attached hydrogens (tertiary/aromatic N) is 1. The Labute approximate surface area is 139 Å². The first-order valence-corrected chi connectivity index (χ1v) is 7.64. The number of benzene rings is 3. The second-order valence-electron chi connectivity index (χ2n) is 5.61. The molecule has 1 unspecified atom stereocenters. The molecule has 3 aromatic carbocycles. The summed E-state index contributed by atoms with van der Waals surface area (Å²) >= 11 is 0. The first kappa shape index (κ1) is 15.7. The van der Waals surface area contributed by atoms with Crippen LogP contribution in [0.2, 0.25) is 0 Å². The van der Waals surface area contributed by atoms with Gasteiger partial charge in [0.05, 0.1) is 0 Å². The minimum atomic E-state index is -0.972. The number of carboxylic acid groups (broad SMARTS) is 1.